The largest absolute Gasteiger partial charge is 0.756 e. The highest BCUT2D eigenvalue weighted by Crippen LogP contribution is 2.38. The molecular formula is C42H82NO8P. The molecule has 0 radical (unpaired) electrons. The summed E-state index contributed by atoms with van der Waals surface area (Å²) in [5, 5.41) is 0. The Morgan fingerprint density at radius 2 is 0.981 bits per heavy atom. The molecule has 308 valence electrons. The maximum Gasteiger partial charge on any atom is 0.306 e. The number of hydrogen-bond donors (Lipinski definition) is 0. The molecule has 0 saturated carbocycles. The summed E-state index contributed by atoms with van der Waals surface area (Å²) in [6.45, 7) is 4.22. The Balaban J connectivity index is 4.36. The number of likely N-dealkylation sites (N-methyl/N-ethyl adjacent to an activating group) is 1. The molecule has 0 heterocycles. The summed E-state index contributed by atoms with van der Waals surface area (Å²) in [5.41, 5.74) is 0. The molecule has 0 N–H and O–H groups in total. The molecule has 0 aliphatic carbocycles. The van der Waals surface area contributed by atoms with Crippen molar-refractivity contribution >= 4 is 19.8 Å². The average molecular weight is 760 g/mol. The minimum absolute atomic E-state index is 0.0287. The summed E-state index contributed by atoms with van der Waals surface area (Å²) in [6, 6.07) is 0. The third kappa shape index (κ3) is 38.5. The van der Waals surface area contributed by atoms with Crippen LogP contribution in [0.1, 0.15) is 194 Å². The highest BCUT2D eigenvalue weighted by Gasteiger charge is 2.21. The van der Waals surface area contributed by atoms with Crippen LogP contribution in [-0.4, -0.2) is 70.0 Å². The molecule has 10 heteroatoms. The van der Waals surface area contributed by atoms with E-state index in [-0.39, 0.29) is 32.0 Å². The number of phosphoric ester groups is 1. The monoisotopic (exact) mass is 760 g/mol. The Morgan fingerprint density at radius 3 is 1.44 bits per heavy atom. The molecule has 0 rings (SSSR count). The third-order valence-corrected chi connectivity index (χ3v) is 10.2. The van der Waals surface area contributed by atoms with E-state index in [2.05, 4.69) is 26.0 Å². The van der Waals surface area contributed by atoms with Crippen molar-refractivity contribution in [1.82, 2.24) is 0 Å². The summed E-state index contributed by atoms with van der Waals surface area (Å²) < 4.78 is 33.9. The fourth-order valence-electron chi connectivity index (χ4n) is 5.88. The average Bonchev–Trinajstić information content (AvgIpc) is 3.09. The Kier molecular flexibility index (Phi) is 34.6. The van der Waals surface area contributed by atoms with Gasteiger partial charge in [0.25, 0.3) is 7.82 Å². The lowest BCUT2D eigenvalue weighted by Gasteiger charge is -2.28. The first-order valence-electron chi connectivity index (χ1n) is 21.4. The first-order valence-corrected chi connectivity index (χ1v) is 22.9. The Bertz CT molecular complexity index is 907. The molecule has 0 bridgehead atoms. The number of esters is 2. The number of nitrogens with zero attached hydrogens (tertiary/aromatic N) is 1. The van der Waals surface area contributed by atoms with Crippen LogP contribution in [0.3, 0.4) is 0 Å². The highest BCUT2D eigenvalue weighted by atomic mass is 31.2. The second kappa shape index (κ2) is 35.5. The zero-order valence-electron chi connectivity index (χ0n) is 34.5. The lowest BCUT2D eigenvalue weighted by atomic mass is 10.0. The van der Waals surface area contributed by atoms with E-state index in [0.29, 0.717) is 17.4 Å². The maximum atomic E-state index is 12.6. The molecule has 0 aromatic rings. The van der Waals surface area contributed by atoms with Gasteiger partial charge in [0.05, 0.1) is 27.7 Å². The van der Waals surface area contributed by atoms with Crippen molar-refractivity contribution < 1.29 is 42.1 Å². The van der Waals surface area contributed by atoms with Crippen molar-refractivity contribution in [2.24, 2.45) is 0 Å². The zero-order chi connectivity index (χ0) is 38.6. The van der Waals surface area contributed by atoms with Crippen molar-refractivity contribution in [3.8, 4) is 0 Å². The molecule has 0 spiro atoms. The van der Waals surface area contributed by atoms with Crippen molar-refractivity contribution in [2.45, 2.75) is 200 Å². The van der Waals surface area contributed by atoms with Crippen molar-refractivity contribution in [2.75, 3.05) is 47.5 Å². The lowest BCUT2D eigenvalue weighted by Crippen LogP contribution is -2.37. The van der Waals surface area contributed by atoms with Crippen LogP contribution >= 0.6 is 7.82 Å². The molecule has 1 unspecified atom stereocenters. The third-order valence-electron chi connectivity index (χ3n) is 9.29. The molecule has 0 saturated heterocycles. The quantitative estimate of drug-likeness (QED) is 0.0200. The van der Waals surface area contributed by atoms with Gasteiger partial charge in [-0.2, -0.15) is 0 Å². The Morgan fingerprint density at radius 1 is 0.577 bits per heavy atom. The van der Waals surface area contributed by atoms with Crippen LogP contribution < -0.4 is 4.89 Å². The highest BCUT2D eigenvalue weighted by molar-refractivity contribution is 7.45. The number of carbonyl (C=O) groups excluding carboxylic acids is 2. The molecule has 52 heavy (non-hydrogen) atoms. The predicted octanol–water partition coefficient (Wildman–Crippen LogP) is 11.2. The van der Waals surface area contributed by atoms with E-state index in [4.69, 9.17) is 18.5 Å². The van der Waals surface area contributed by atoms with Gasteiger partial charge in [-0.15, -0.1) is 0 Å². The zero-order valence-corrected chi connectivity index (χ0v) is 35.4. The molecule has 9 nitrogen and oxygen atoms in total. The Hall–Kier alpha value is -1.25. The fourth-order valence-corrected chi connectivity index (χ4v) is 6.61. The molecule has 0 amide bonds. The number of allylic oxidation sites excluding steroid dienone is 2. The predicted molar refractivity (Wildman–Crippen MR) is 213 cm³/mol. The van der Waals surface area contributed by atoms with Gasteiger partial charge in [-0.1, -0.05) is 154 Å². The van der Waals surface area contributed by atoms with Crippen LogP contribution in [-0.2, 0) is 32.7 Å². The topological polar surface area (TPSA) is 111 Å². The standard InChI is InChI=1S/C42H82NO8P/c1-6-8-10-12-14-16-18-20-21-23-25-27-29-31-33-35-42(45)51-40(39-50-52(46,47)49-37-36-43(3,4)5)38-48-41(44)34-32-30-28-26-24-22-19-17-15-13-11-9-7-2/h16,18,40H,6-15,17,19-39H2,1-5H3/b18-16-/t40-/m1/s1. The SMILES string of the molecule is CCCCCC/C=C\CCCCCCCCCC(=O)O[C@H](COC(=O)CCCCCCCCCCCCCCC)COP(=O)([O-])OCC[N+](C)(C)C. The van der Waals surface area contributed by atoms with E-state index >= 15 is 0 Å². The number of rotatable bonds is 39. The van der Waals surface area contributed by atoms with Crippen LogP contribution in [0.2, 0.25) is 0 Å². The first kappa shape index (κ1) is 50.8. The molecule has 2 atom stereocenters. The number of quaternary nitrogens is 1. The summed E-state index contributed by atoms with van der Waals surface area (Å²) in [4.78, 5) is 37.4. The van der Waals surface area contributed by atoms with Gasteiger partial charge in [-0.05, 0) is 38.5 Å². The second-order valence-corrected chi connectivity index (χ2v) is 17.1. The molecule has 0 fully saturated rings. The van der Waals surface area contributed by atoms with Crippen LogP contribution in [0.15, 0.2) is 12.2 Å². The van der Waals surface area contributed by atoms with E-state index in [1.165, 1.54) is 116 Å². The normalized spacial score (nSPS) is 13.7. The van der Waals surface area contributed by atoms with E-state index in [1.807, 2.05) is 21.1 Å². The number of unbranched alkanes of at least 4 members (excludes halogenated alkanes) is 23. The number of ether oxygens (including phenoxy) is 2. The summed E-state index contributed by atoms with van der Waals surface area (Å²) in [5.74, 6) is -0.832. The van der Waals surface area contributed by atoms with Gasteiger partial charge in [0.1, 0.15) is 19.8 Å². The molecule has 0 aromatic carbocycles. The van der Waals surface area contributed by atoms with Crippen LogP contribution in [0, 0.1) is 0 Å². The summed E-state index contributed by atoms with van der Waals surface area (Å²) in [7, 11) is 1.17. The molecular weight excluding hydrogens is 677 g/mol. The smallest absolute Gasteiger partial charge is 0.306 e. The minimum Gasteiger partial charge on any atom is -0.756 e. The lowest BCUT2D eigenvalue weighted by molar-refractivity contribution is -0.870. The van der Waals surface area contributed by atoms with Gasteiger partial charge in [-0.25, -0.2) is 0 Å². The van der Waals surface area contributed by atoms with Gasteiger partial charge in [0, 0.05) is 12.8 Å². The van der Waals surface area contributed by atoms with Gasteiger partial charge < -0.3 is 27.9 Å². The van der Waals surface area contributed by atoms with Crippen LogP contribution in [0.25, 0.3) is 0 Å². The van der Waals surface area contributed by atoms with Crippen molar-refractivity contribution in [3.05, 3.63) is 12.2 Å². The maximum absolute atomic E-state index is 12.6. The van der Waals surface area contributed by atoms with Gasteiger partial charge >= 0.3 is 11.9 Å². The van der Waals surface area contributed by atoms with Crippen molar-refractivity contribution in [3.63, 3.8) is 0 Å². The van der Waals surface area contributed by atoms with E-state index < -0.39 is 26.5 Å². The van der Waals surface area contributed by atoms with Gasteiger partial charge in [0.15, 0.2) is 6.10 Å². The number of carbonyl (C=O) groups is 2. The molecule has 0 aliphatic heterocycles. The van der Waals surface area contributed by atoms with Crippen LogP contribution in [0.4, 0.5) is 0 Å². The first-order chi connectivity index (χ1) is 25.0. The van der Waals surface area contributed by atoms with Crippen LogP contribution in [0.5, 0.6) is 0 Å². The minimum atomic E-state index is -4.62. The van der Waals surface area contributed by atoms with E-state index in [1.54, 1.807) is 0 Å². The summed E-state index contributed by atoms with van der Waals surface area (Å²) >= 11 is 0. The molecule has 0 aliphatic rings. The van der Waals surface area contributed by atoms with E-state index in [9.17, 15) is 19.0 Å². The van der Waals surface area contributed by atoms with Gasteiger partial charge in [0.2, 0.25) is 0 Å². The number of phosphoric acid groups is 1. The van der Waals surface area contributed by atoms with E-state index in [0.717, 1.165) is 44.9 Å². The summed E-state index contributed by atoms with van der Waals surface area (Å²) in [6.07, 6.45) is 35.1. The van der Waals surface area contributed by atoms with Gasteiger partial charge in [-0.3, -0.25) is 14.2 Å². The van der Waals surface area contributed by atoms with Crippen molar-refractivity contribution in [1.29, 1.82) is 0 Å². The molecule has 0 aromatic heterocycles. The Labute approximate surface area is 320 Å². The second-order valence-electron chi connectivity index (χ2n) is 15.7. The fraction of sp³-hybridized carbons (Fsp3) is 0.905. The number of hydrogen-bond acceptors (Lipinski definition) is 8.